The van der Waals surface area contributed by atoms with Gasteiger partial charge in [0, 0.05) is 6.20 Å². The number of carbonyl (C=O) groups is 1. The van der Waals surface area contributed by atoms with Crippen LogP contribution < -0.4 is 5.32 Å². The van der Waals surface area contributed by atoms with E-state index >= 15 is 0 Å². The van der Waals surface area contributed by atoms with Crippen LogP contribution in [0.2, 0.25) is 0 Å². The van der Waals surface area contributed by atoms with Crippen LogP contribution in [0.5, 0.6) is 0 Å². The Hall–Kier alpha value is -1.46. The summed E-state index contributed by atoms with van der Waals surface area (Å²) >= 11 is 0. The summed E-state index contributed by atoms with van der Waals surface area (Å²) in [5.74, 6) is -3.09. The average Bonchev–Trinajstić information content (AvgIpc) is 2.43. The standard InChI is InChI=1S/C8H8N2O3.C2H6/c1-4-2-5-6(9-3-4)10-7(11)8(5,12)13;1-2/h2-3,12-13H,1H3,(H,9,10,11);1-2H3. The first-order valence-electron chi connectivity index (χ1n) is 4.75. The molecule has 1 amide bonds. The molecule has 1 aliphatic rings. The minimum atomic E-state index is -2.44. The van der Waals surface area contributed by atoms with Crippen molar-refractivity contribution < 1.29 is 15.0 Å². The Morgan fingerprint density at radius 3 is 2.60 bits per heavy atom. The second-order valence-electron chi connectivity index (χ2n) is 3.04. The zero-order chi connectivity index (χ0) is 11.6. The lowest BCUT2D eigenvalue weighted by Crippen LogP contribution is -2.33. The van der Waals surface area contributed by atoms with Crippen LogP contribution in [0.3, 0.4) is 0 Å². The van der Waals surface area contributed by atoms with Gasteiger partial charge in [-0.15, -0.1) is 0 Å². The first kappa shape index (κ1) is 11.6. The molecule has 0 radical (unpaired) electrons. The normalized spacial score (nSPS) is 16.2. The van der Waals surface area contributed by atoms with Gasteiger partial charge in [-0.3, -0.25) is 4.79 Å². The maximum absolute atomic E-state index is 11.0. The summed E-state index contributed by atoms with van der Waals surface area (Å²) in [6, 6.07) is 1.51. The van der Waals surface area contributed by atoms with E-state index in [9.17, 15) is 15.0 Å². The molecule has 0 atom stereocenters. The predicted octanol–water partition coefficient (Wildman–Crippen LogP) is 0.506. The number of amides is 1. The van der Waals surface area contributed by atoms with Gasteiger partial charge in [-0.1, -0.05) is 13.8 Å². The van der Waals surface area contributed by atoms with Crippen LogP contribution in [0.15, 0.2) is 12.3 Å². The quantitative estimate of drug-likeness (QED) is 0.545. The molecule has 15 heavy (non-hydrogen) atoms. The van der Waals surface area contributed by atoms with Crippen LogP contribution in [-0.2, 0) is 10.6 Å². The molecule has 0 bridgehead atoms. The molecule has 0 spiro atoms. The van der Waals surface area contributed by atoms with Crippen LogP contribution in [0.1, 0.15) is 25.0 Å². The molecule has 5 heteroatoms. The molecule has 0 saturated heterocycles. The third-order valence-corrected chi connectivity index (χ3v) is 1.95. The number of aromatic nitrogens is 1. The summed E-state index contributed by atoms with van der Waals surface area (Å²) in [6.45, 7) is 5.76. The van der Waals surface area contributed by atoms with Crippen molar-refractivity contribution in [1.29, 1.82) is 0 Å². The van der Waals surface area contributed by atoms with E-state index < -0.39 is 11.7 Å². The van der Waals surface area contributed by atoms with Gasteiger partial charge < -0.3 is 15.5 Å². The van der Waals surface area contributed by atoms with E-state index in [4.69, 9.17) is 0 Å². The maximum Gasteiger partial charge on any atom is 0.290 e. The van der Waals surface area contributed by atoms with E-state index in [0.717, 1.165) is 5.56 Å². The summed E-state index contributed by atoms with van der Waals surface area (Å²) in [5, 5.41) is 21.0. The molecular weight excluding hydrogens is 196 g/mol. The second kappa shape index (κ2) is 3.96. The molecule has 1 aromatic rings. The number of pyridine rings is 1. The van der Waals surface area contributed by atoms with E-state index in [1.807, 2.05) is 13.8 Å². The number of hydrogen-bond acceptors (Lipinski definition) is 4. The molecule has 0 fully saturated rings. The van der Waals surface area contributed by atoms with Crippen molar-refractivity contribution in [1.82, 2.24) is 4.98 Å². The smallest absolute Gasteiger partial charge is 0.290 e. The Morgan fingerprint density at radius 2 is 2.00 bits per heavy atom. The molecule has 82 valence electrons. The number of hydrogen-bond donors (Lipinski definition) is 3. The van der Waals surface area contributed by atoms with Gasteiger partial charge in [-0.05, 0) is 18.6 Å². The third kappa shape index (κ3) is 1.84. The van der Waals surface area contributed by atoms with Gasteiger partial charge in [0.25, 0.3) is 11.7 Å². The first-order valence-corrected chi connectivity index (χ1v) is 4.75. The molecule has 3 N–H and O–H groups in total. The second-order valence-corrected chi connectivity index (χ2v) is 3.04. The highest BCUT2D eigenvalue weighted by Gasteiger charge is 2.44. The molecule has 1 aromatic heterocycles. The Morgan fingerprint density at radius 1 is 1.40 bits per heavy atom. The van der Waals surface area contributed by atoms with Gasteiger partial charge in [0.1, 0.15) is 5.82 Å². The van der Waals surface area contributed by atoms with Gasteiger partial charge in [0.05, 0.1) is 5.56 Å². The lowest BCUT2D eigenvalue weighted by molar-refractivity contribution is -0.180. The van der Waals surface area contributed by atoms with E-state index in [1.54, 1.807) is 13.1 Å². The molecule has 0 aliphatic carbocycles. The van der Waals surface area contributed by atoms with Crippen molar-refractivity contribution in [2.45, 2.75) is 26.6 Å². The highest BCUT2D eigenvalue weighted by molar-refractivity contribution is 6.02. The molecule has 2 heterocycles. The number of nitrogens with zero attached hydrogens (tertiary/aromatic N) is 1. The molecule has 0 saturated carbocycles. The molecule has 2 rings (SSSR count). The molecule has 5 nitrogen and oxygen atoms in total. The van der Waals surface area contributed by atoms with Crippen LogP contribution in [-0.4, -0.2) is 21.1 Å². The minimum Gasteiger partial charge on any atom is -0.354 e. The van der Waals surface area contributed by atoms with Gasteiger partial charge in [-0.25, -0.2) is 4.98 Å². The van der Waals surface area contributed by atoms with Crippen LogP contribution >= 0.6 is 0 Å². The summed E-state index contributed by atoms with van der Waals surface area (Å²) < 4.78 is 0. The Balaban J connectivity index is 0.000000531. The lowest BCUT2D eigenvalue weighted by Gasteiger charge is -2.11. The Kier molecular flexibility index (Phi) is 3.06. The molecular formula is C10H14N2O3. The van der Waals surface area contributed by atoms with Crippen LogP contribution in [0, 0.1) is 6.92 Å². The third-order valence-electron chi connectivity index (χ3n) is 1.95. The number of aryl methyl sites for hydroxylation is 1. The highest BCUT2D eigenvalue weighted by atomic mass is 16.5. The van der Waals surface area contributed by atoms with Gasteiger partial charge in [0.2, 0.25) is 0 Å². The van der Waals surface area contributed by atoms with E-state index in [1.165, 1.54) is 6.07 Å². The maximum atomic E-state index is 11.0. The van der Waals surface area contributed by atoms with Gasteiger partial charge >= 0.3 is 0 Å². The fourth-order valence-electron chi connectivity index (χ4n) is 1.25. The fourth-order valence-corrected chi connectivity index (χ4v) is 1.25. The number of anilines is 1. The number of carbonyl (C=O) groups excluding carboxylic acids is 1. The van der Waals surface area contributed by atoms with Crippen molar-refractivity contribution in [2.75, 3.05) is 5.32 Å². The largest absolute Gasteiger partial charge is 0.354 e. The lowest BCUT2D eigenvalue weighted by atomic mass is 10.1. The van der Waals surface area contributed by atoms with Crippen LogP contribution in [0.4, 0.5) is 5.82 Å². The summed E-state index contributed by atoms with van der Waals surface area (Å²) in [4.78, 5) is 14.9. The van der Waals surface area contributed by atoms with Crippen molar-refractivity contribution in [2.24, 2.45) is 0 Å². The predicted molar refractivity (Wildman–Crippen MR) is 55.1 cm³/mol. The highest BCUT2D eigenvalue weighted by Crippen LogP contribution is 2.32. The minimum absolute atomic E-state index is 0.109. The first-order chi connectivity index (χ1) is 7.01. The van der Waals surface area contributed by atoms with E-state index in [0.29, 0.717) is 0 Å². The summed E-state index contributed by atoms with van der Waals surface area (Å²) in [6.07, 6.45) is 1.54. The SMILES string of the molecule is CC.Cc1cnc2c(c1)C(O)(O)C(=O)N2. The van der Waals surface area contributed by atoms with Gasteiger partial charge in [-0.2, -0.15) is 0 Å². The molecule has 0 aromatic carbocycles. The zero-order valence-corrected chi connectivity index (χ0v) is 8.90. The van der Waals surface area contributed by atoms with Crippen molar-refractivity contribution in [3.8, 4) is 0 Å². The Labute approximate surface area is 87.8 Å². The fraction of sp³-hybridized carbons (Fsp3) is 0.400. The van der Waals surface area contributed by atoms with Crippen molar-refractivity contribution in [3.63, 3.8) is 0 Å². The topological polar surface area (TPSA) is 82.5 Å². The number of rotatable bonds is 0. The van der Waals surface area contributed by atoms with Crippen LogP contribution in [0.25, 0.3) is 0 Å². The number of fused-ring (bicyclic) bond motifs is 1. The van der Waals surface area contributed by atoms with Crippen molar-refractivity contribution >= 4 is 11.7 Å². The zero-order valence-electron chi connectivity index (χ0n) is 8.90. The molecule has 0 unspecified atom stereocenters. The van der Waals surface area contributed by atoms with E-state index in [-0.39, 0.29) is 11.4 Å². The van der Waals surface area contributed by atoms with Gasteiger partial charge in [0.15, 0.2) is 0 Å². The summed E-state index contributed by atoms with van der Waals surface area (Å²) in [5.41, 5.74) is 0.875. The Bertz CT molecular complexity index is 388. The number of nitrogens with one attached hydrogen (secondary N) is 1. The monoisotopic (exact) mass is 210 g/mol. The molecule has 1 aliphatic heterocycles. The number of aliphatic hydroxyl groups is 2. The van der Waals surface area contributed by atoms with Crippen molar-refractivity contribution in [3.05, 3.63) is 23.4 Å². The average molecular weight is 210 g/mol. The summed E-state index contributed by atoms with van der Waals surface area (Å²) in [7, 11) is 0. The van der Waals surface area contributed by atoms with E-state index in [2.05, 4.69) is 10.3 Å².